The molecule has 144 valence electrons. The molecule has 3 rings (SSSR count). The Hall–Kier alpha value is -2.68. The fourth-order valence-electron chi connectivity index (χ4n) is 2.26. The van der Waals surface area contributed by atoms with Crippen molar-refractivity contribution in [1.82, 2.24) is 4.98 Å². The molecule has 10 heteroatoms. The number of anilines is 1. The molecular weight excluding hydrogens is 425 g/mol. The molecule has 0 aliphatic carbocycles. The van der Waals surface area contributed by atoms with Gasteiger partial charge in [-0.1, -0.05) is 35.3 Å². The molecule has 0 aliphatic rings. The van der Waals surface area contributed by atoms with Gasteiger partial charge in [0.25, 0.3) is 11.6 Å². The lowest BCUT2D eigenvalue weighted by atomic mass is 10.1. The maximum absolute atomic E-state index is 12.4. The van der Waals surface area contributed by atoms with Crippen LogP contribution < -0.4 is 10.1 Å². The molecule has 1 aromatic heterocycles. The Morgan fingerprint density at radius 2 is 2.07 bits per heavy atom. The number of aromatic nitrogens is 1. The molecule has 0 unspecified atom stereocenters. The molecule has 1 atom stereocenters. The maximum Gasteiger partial charge on any atom is 0.270 e. The molecule has 0 saturated carbocycles. The molecule has 0 bridgehead atoms. The van der Waals surface area contributed by atoms with Crippen molar-refractivity contribution in [3.8, 4) is 17.0 Å². The number of non-ortho nitro benzene ring substituents is 1. The first-order valence-corrected chi connectivity index (χ1v) is 9.60. The standard InChI is InChI=1S/C18H13Cl2N3O4S/c1-10(27-16-6-5-12(19)8-14(16)20)17(24)22-18-21-15(9-28-18)11-3-2-4-13(7-11)23(25)26/h2-10H,1H3,(H,21,22,24)/t10-/m0/s1. The first-order chi connectivity index (χ1) is 13.3. The van der Waals surface area contributed by atoms with E-state index in [2.05, 4.69) is 10.3 Å². The normalized spacial score (nSPS) is 11.7. The van der Waals surface area contributed by atoms with Gasteiger partial charge in [0.2, 0.25) is 0 Å². The van der Waals surface area contributed by atoms with Crippen molar-refractivity contribution in [1.29, 1.82) is 0 Å². The number of rotatable bonds is 6. The summed E-state index contributed by atoms with van der Waals surface area (Å²) in [7, 11) is 0. The monoisotopic (exact) mass is 437 g/mol. The van der Waals surface area contributed by atoms with Gasteiger partial charge in [-0.3, -0.25) is 20.2 Å². The minimum absolute atomic E-state index is 0.0297. The summed E-state index contributed by atoms with van der Waals surface area (Å²) in [5.74, 6) is -0.0731. The number of amides is 1. The first-order valence-electron chi connectivity index (χ1n) is 7.96. The molecule has 7 nitrogen and oxygen atoms in total. The fourth-order valence-corrected chi connectivity index (χ4v) is 3.44. The second-order valence-corrected chi connectivity index (χ2v) is 7.37. The number of thiazole rings is 1. The van der Waals surface area contributed by atoms with E-state index in [0.29, 0.717) is 32.2 Å². The third-order valence-corrected chi connectivity index (χ3v) is 4.94. The summed E-state index contributed by atoms with van der Waals surface area (Å²) in [6.45, 7) is 1.58. The SMILES string of the molecule is C[C@H](Oc1ccc(Cl)cc1Cl)C(=O)Nc1nc(-c2cccc([N+](=O)[O-])c2)cs1. The summed E-state index contributed by atoms with van der Waals surface area (Å²) in [6.07, 6.45) is -0.830. The minimum Gasteiger partial charge on any atom is -0.479 e. The summed E-state index contributed by atoms with van der Waals surface area (Å²) in [4.78, 5) is 27.1. The number of halogens is 2. The molecule has 3 aromatic rings. The largest absolute Gasteiger partial charge is 0.479 e. The van der Waals surface area contributed by atoms with Crippen LogP contribution >= 0.6 is 34.5 Å². The number of hydrogen-bond acceptors (Lipinski definition) is 6. The number of ether oxygens (including phenoxy) is 1. The number of carbonyl (C=O) groups excluding carboxylic acids is 1. The maximum atomic E-state index is 12.4. The van der Waals surface area contributed by atoms with Crippen LogP contribution in [0.1, 0.15) is 6.92 Å². The van der Waals surface area contributed by atoms with Gasteiger partial charge < -0.3 is 4.74 Å². The molecule has 1 N–H and O–H groups in total. The second-order valence-electron chi connectivity index (χ2n) is 5.67. The van der Waals surface area contributed by atoms with Crippen LogP contribution in [0.25, 0.3) is 11.3 Å². The zero-order valence-electron chi connectivity index (χ0n) is 14.4. The van der Waals surface area contributed by atoms with E-state index in [4.69, 9.17) is 27.9 Å². The van der Waals surface area contributed by atoms with E-state index >= 15 is 0 Å². The van der Waals surface area contributed by atoms with Gasteiger partial charge in [-0.25, -0.2) is 4.98 Å². The number of benzene rings is 2. The van der Waals surface area contributed by atoms with Crippen molar-refractivity contribution in [3.63, 3.8) is 0 Å². The van der Waals surface area contributed by atoms with Crippen LogP contribution in [-0.4, -0.2) is 21.9 Å². The fraction of sp³-hybridized carbons (Fsp3) is 0.111. The number of carbonyl (C=O) groups is 1. The molecular formula is C18H13Cl2N3O4S. The van der Waals surface area contributed by atoms with E-state index in [1.54, 1.807) is 36.6 Å². The second kappa shape index (κ2) is 8.55. The average molecular weight is 438 g/mol. The summed E-state index contributed by atoms with van der Waals surface area (Å²) >= 11 is 13.1. The third kappa shape index (κ3) is 4.78. The zero-order valence-corrected chi connectivity index (χ0v) is 16.7. The molecule has 0 saturated heterocycles. The Bertz CT molecular complexity index is 1040. The van der Waals surface area contributed by atoms with E-state index in [-0.39, 0.29) is 5.69 Å². The van der Waals surface area contributed by atoms with Crippen LogP contribution in [0.5, 0.6) is 5.75 Å². The summed E-state index contributed by atoms with van der Waals surface area (Å²) in [6, 6.07) is 10.8. The highest BCUT2D eigenvalue weighted by Crippen LogP contribution is 2.29. The first kappa shape index (κ1) is 20.1. The number of nitro benzene ring substituents is 1. The highest BCUT2D eigenvalue weighted by molar-refractivity contribution is 7.14. The van der Waals surface area contributed by atoms with Crippen molar-refractivity contribution in [3.05, 3.63) is 68.0 Å². The van der Waals surface area contributed by atoms with Gasteiger partial charge in [-0.15, -0.1) is 11.3 Å². The smallest absolute Gasteiger partial charge is 0.270 e. The van der Waals surface area contributed by atoms with E-state index < -0.39 is 16.9 Å². The van der Waals surface area contributed by atoms with E-state index in [1.165, 1.54) is 29.5 Å². The van der Waals surface area contributed by atoms with Crippen molar-refractivity contribution < 1.29 is 14.5 Å². The summed E-state index contributed by atoms with van der Waals surface area (Å²) in [5, 5.41) is 16.4. The van der Waals surface area contributed by atoms with E-state index in [9.17, 15) is 14.9 Å². The number of nitro groups is 1. The molecule has 0 fully saturated rings. The lowest BCUT2D eigenvalue weighted by Crippen LogP contribution is -2.30. The lowest BCUT2D eigenvalue weighted by molar-refractivity contribution is -0.384. The van der Waals surface area contributed by atoms with Gasteiger partial charge in [0.05, 0.1) is 15.6 Å². The van der Waals surface area contributed by atoms with Crippen LogP contribution in [0.15, 0.2) is 47.8 Å². The topological polar surface area (TPSA) is 94.4 Å². The minimum atomic E-state index is -0.830. The summed E-state index contributed by atoms with van der Waals surface area (Å²) < 4.78 is 5.57. The highest BCUT2D eigenvalue weighted by atomic mass is 35.5. The Kier molecular flexibility index (Phi) is 6.13. The predicted molar refractivity (Wildman–Crippen MR) is 109 cm³/mol. The Labute approximate surface area is 174 Å². The van der Waals surface area contributed by atoms with Crippen molar-refractivity contribution in [2.24, 2.45) is 0 Å². The molecule has 1 heterocycles. The predicted octanol–water partition coefficient (Wildman–Crippen LogP) is 5.43. The Balaban J connectivity index is 1.68. The lowest BCUT2D eigenvalue weighted by Gasteiger charge is -2.14. The molecule has 0 radical (unpaired) electrons. The van der Waals surface area contributed by atoms with E-state index in [0.717, 1.165) is 0 Å². The third-order valence-electron chi connectivity index (χ3n) is 3.65. The number of hydrogen-bond donors (Lipinski definition) is 1. The van der Waals surface area contributed by atoms with Crippen LogP contribution in [0.3, 0.4) is 0 Å². The van der Waals surface area contributed by atoms with Gasteiger partial charge >= 0.3 is 0 Å². The van der Waals surface area contributed by atoms with Crippen molar-refractivity contribution in [2.45, 2.75) is 13.0 Å². The number of nitrogens with zero attached hydrogens (tertiary/aromatic N) is 2. The molecule has 0 spiro atoms. The van der Waals surface area contributed by atoms with Gasteiger partial charge in [-0.05, 0) is 25.1 Å². The average Bonchev–Trinajstić information content (AvgIpc) is 3.12. The van der Waals surface area contributed by atoms with Gasteiger partial charge in [-0.2, -0.15) is 0 Å². The summed E-state index contributed by atoms with van der Waals surface area (Å²) in [5.41, 5.74) is 1.08. The van der Waals surface area contributed by atoms with Crippen molar-refractivity contribution >= 4 is 51.3 Å². The van der Waals surface area contributed by atoms with Crippen LogP contribution in [0, 0.1) is 10.1 Å². The van der Waals surface area contributed by atoms with Gasteiger partial charge in [0.15, 0.2) is 11.2 Å². The van der Waals surface area contributed by atoms with Crippen molar-refractivity contribution in [2.75, 3.05) is 5.32 Å². The molecule has 0 aliphatic heterocycles. The Morgan fingerprint density at radius 3 is 2.79 bits per heavy atom. The van der Waals surface area contributed by atoms with Crippen LogP contribution in [0.4, 0.5) is 10.8 Å². The van der Waals surface area contributed by atoms with Gasteiger partial charge in [0.1, 0.15) is 5.75 Å². The highest BCUT2D eigenvalue weighted by Gasteiger charge is 2.18. The number of nitrogens with one attached hydrogen (secondary N) is 1. The molecule has 2 aromatic carbocycles. The van der Waals surface area contributed by atoms with Gasteiger partial charge in [0, 0.05) is 28.1 Å². The zero-order chi connectivity index (χ0) is 20.3. The molecule has 28 heavy (non-hydrogen) atoms. The quantitative estimate of drug-likeness (QED) is 0.409. The Morgan fingerprint density at radius 1 is 1.29 bits per heavy atom. The van der Waals surface area contributed by atoms with Crippen LogP contribution in [0.2, 0.25) is 10.0 Å². The van der Waals surface area contributed by atoms with E-state index in [1.807, 2.05) is 0 Å². The molecule has 1 amide bonds. The van der Waals surface area contributed by atoms with Crippen LogP contribution in [-0.2, 0) is 4.79 Å².